The number of benzene rings is 2. The van der Waals surface area contributed by atoms with E-state index in [4.69, 9.17) is 14.8 Å². The molecule has 0 bridgehead atoms. The first kappa shape index (κ1) is 20.4. The van der Waals surface area contributed by atoms with Gasteiger partial charge in [-0.3, -0.25) is 4.79 Å². The van der Waals surface area contributed by atoms with Crippen LogP contribution < -0.4 is 14.9 Å². The molecule has 8 heteroatoms. The average Bonchev–Trinajstić information content (AvgIpc) is 3.44. The SMILES string of the molecule is CC(=Nn1c(-c2ccc3c(c2)NC(=O)CO3)csc1=Nc1cccc(C)c1)c1cccs1. The van der Waals surface area contributed by atoms with Crippen molar-refractivity contribution in [3.63, 3.8) is 0 Å². The van der Waals surface area contributed by atoms with Gasteiger partial charge in [0.2, 0.25) is 4.80 Å². The molecule has 1 N–H and O–H groups in total. The lowest BCUT2D eigenvalue weighted by atomic mass is 10.1. The molecule has 1 amide bonds. The number of amides is 1. The number of aromatic nitrogens is 1. The monoisotopic (exact) mass is 460 g/mol. The van der Waals surface area contributed by atoms with Crippen LogP contribution in [0.2, 0.25) is 0 Å². The topological polar surface area (TPSA) is 68.0 Å². The maximum Gasteiger partial charge on any atom is 0.262 e. The number of carbonyl (C=O) groups is 1. The Labute approximate surface area is 193 Å². The lowest BCUT2D eigenvalue weighted by Crippen LogP contribution is -2.25. The van der Waals surface area contributed by atoms with Crippen LogP contribution in [0.15, 0.2) is 75.5 Å². The van der Waals surface area contributed by atoms with Gasteiger partial charge in [0.1, 0.15) is 5.75 Å². The largest absolute Gasteiger partial charge is 0.482 e. The minimum Gasteiger partial charge on any atom is -0.482 e. The molecule has 0 aliphatic carbocycles. The fraction of sp³-hybridized carbons (Fsp3) is 0.125. The van der Waals surface area contributed by atoms with E-state index in [0.29, 0.717) is 11.4 Å². The van der Waals surface area contributed by atoms with Gasteiger partial charge in [0.05, 0.1) is 27.7 Å². The first-order valence-corrected chi connectivity index (χ1v) is 11.8. The van der Waals surface area contributed by atoms with Gasteiger partial charge in [-0.25, -0.2) is 9.67 Å². The van der Waals surface area contributed by atoms with Crippen LogP contribution >= 0.6 is 22.7 Å². The van der Waals surface area contributed by atoms with Crippen LogP contribution in [-0.4, -0.2) is 22.9 Å². The normalized spacial score (nSPS) is 14.1. The molecule has 5 rings (SSSR count). The fourth-order valence-corrected chi connectivity index (χ4v) is 4.93. The quantitative estimate of drug-likeness (QED) is 0.413. The van der Waals surface area contributed by atoms with E-state index in [2.05, 4.69) is 24.4 Å². The van der Waals surface area contributed by atoms with Crippen molar-refractivity contribution in [1.29, 1.82) is 0 Å². The summed E-state index contributed by atoms with van der Waals surface area (Å²) in [5.41, 5.74) is 5.40. The second-order valence-corrected chi connectivity index (χ2v) is 9.16. The molecular formula is C24H20N4O2S2. The first-order valence-electron chi connectivity index (χ1n) is 10.1. The van der Waals surface area contributed by atoms with Crippen LogP contribution in [0, 0.1) is 6.92 Å². The minimum atomic E-state index is -0.158. The number of fused-ring (bicyclic) bond motifs is 1. The molecule has 0 unspecified atom stereocenters. The highest BCUT2D eigenvalue weighted by atomic mass is 32.1. The zero-order valence-corrected chi connectivity index (χ0v) is 19.2. The third kappa shape index (κ3) is 4.15. The lowest BCUT2D eigenvalue weighted by molar-refractivity contribution is -0.118. The van der Waals surface area contributed by atoms with Gasteiger partial charge in [-0.2, -0.15) is 5.10 Å². The Kier molecular flexibility index (Phi) is 5.46. The number of hydrogen-bond donors (Lipinski definition) is 1. The van der Waals surface area contributed by atoms with E-state index >= 15 is 0 Å². The van der Waals surface area contributed by atoms with Crippen molar-refractivity contribution in [2.24, 2.45) is 10.1 Å². The number of nitrogens with one attached hydrogen (secondary N) is 1. The van der Waals surface area contributed by atoms with Crippen molar-refractivity contribution in [3.05, 3.63) is 80.6 Å². The van der Waals surface area contributed by atoms with E-state index in [-0.39, 0.29) is 12.5 Å². The summed E-state index contributed by atoms with van der Waals surface area (Å²) >= 11 is 3.17. The summed E-state index contributed by atoms with van der Waals surface area (Å²) in [7, 11) is 0. The van der Waals surface area contributed by atoms with Crippen molar-refractivity contribution in [2.45, 2.75) is 13.8 Å². The predicted octanol–water partition coefficient (Wildman–Crippen LogP) is 5.42. The molecule has 0 radical (unpaired) electrons. The average molecular weight is 461 g/mol. The van der Waals surface area contributed by atoms with Crippen molar-refractivity contribution in [3.8, 4) is 17.0 Å². The molecule has 0 saturated carbocycles. The molecule has 6 nitrogen and oxygen atoms in total. The molecule has 3 heterocycles. The molecule has 2 aromatic carbocycles. The van der Waals surface area contributed by atoms with E-state index in [1.54, 1.807) is 11.3 Å². The number of carbonyl (C=O) groups excluding carboxylic acids is 1. The number of ether oxygens (including phenoxy) is 1. The number of thiazole rings is 1. The second-order valence-electron chi connectivity index (χ2n) is 7.38. The Hall–Kier alpha value is -3.49. The lowest BCUT2D eigenvalue weighted by Gasteiger charge is -2.18. The van der Waals surface area contributed by atoms with Crippen LogP contribution in [-0.2, 0) is 4.79 Å². The number of aryl methyl sites for hydroxylation is 1. The standard InChI is InChI=1S/C24H20N4O2S2/c1-15-5-3-6-18(11-15)25-24-28(27-16(2)22-7-4-10-31-22)20(14-32-24)17-8-9-21-19(12-17)26-23(29)13-30-21/h3-12,14H,13H2,1-2H3,(H,26,29). The number of thiophene rings is 1. The van der Waals surface area contributed by atoms with Crippen molar-refractivity contribution in [2.75, 3.05) is 11.9 Å². The van der Waals surface area contributed by atoms with E-state index in [0.717, 1.165) is 37.9 Å². The van der Waals surface area contributed by atoms with E-state index in [1.807, 2.05) is 64.8 Å². The highest BCUT2D eigenvalue weighted by Crippen LogP contribution is 2.33. The van der Waals surface area contributed by atoms with Crippen molar-refractivity contribution in [1.82, 2.24) is 4.68 Å². The Morgan fingerprint density at radius 3 is 2.84 bits per heavy atom. The Morgan fingerprint density at radius 1 is 1.12 bits per heavy atom. The zero-order chi connectivity index (χ0) is 22.1. The highest BCUT2D eigenvalue weighted by Gasteiger charge is 2.18. The summed E-state index contributed by atoms with van der Waals surface area (Å²) in [6.07, 6.45) is 0. The summed E-state index contributed by atoms with van der Waals surface area (Å²) in [5.74, 6) is 0.507. The van der Waals surface area contributed by atoms with Crippen molar-refractivity contribution >= 4 is 45.7 Å². The Bertz CT molecular complexity index is 1400. The summed E-state index contributed by atoms with van der Waals surface area (Å²) in [6, 6.07) is 17.9. The molecule has 4 aromatic rings. The van der Waals surface area contributed by atoms with E-state index < -0.39 is 0 Å². The zero-order valence-electron chi connectivity index (χ0n) is 17.5. The maximum atomic E-state index is 11.8. The molecule has 1 aliphatic heterocycles. The van der Waals surface area contributed by atoms with Gasteiger partial charge in [-0.1, -0.05) is 18.2 Å². The number of hydrogen-bond acceptors (Lipinski definition) is 6. The molecule has 0 atom stereocenters. The summed E-state index contributed by atoms with van der Waals surface area (Å²) < 4.78 is 7.38. The fourth-order valence-electron chi connectivity index (χ4n) is 3.41. The Balaban J connectivity index is 1.67. The van der Waals surface area contributed by atoms with Gasteiger partial charge >= 0.3 is 0 Å². The molecule has 1 aliphatic rings. The third-order valence-electron chi connectivity index (χ3n) is 4.95. The number of rotatable bonds is 4. The molecular weight excluding hydrogens is 440 g/mol. The number of anilines is 1. The van der Waals surface area contributed by atoms with E-state index in [9.17, 15) is 4.79 Å². The summed E-state index contributed by atoms with van der Waals surface area (Å²) in [4.78, 5) is 18.5. The van der Waals surface area contributed by atoms with Gasteiger partial charge in [-0.05, 0) is 61.2 Å². The third-order valence-corrected chi connectivity index (χ3v) is 6.74. The van der Waals surface area contributed by atoms with Gasteiger partial charge in [0.15, 0.2) is 6.61 Å². The predicted molar refractivity (Wildman–Crippen MR) is 130 cm³/mol. The van der Waals surface area contributed by atoms with Gasteiger partial charge in [0.25, 0.3) is 5.91 Å². The molecule has 0 saturated heterocycles. The second kappa shape index (κ2) is 8.57. The molecule has 160 valence electrons. The maximum absolute atomic E-state index is 11.8. The Morgan fingerprint density at radius 2 is 2.03 bits per heavy atom. The first-order chi connectivity index (χ1) is 15.6. The van der Waals surface area contributed by atoms with Crippen LogP contribution in [0.5, 0.6) is 5.75 Å². The molecule has 0 fully saturated rings. The molecule has 2 aromatic heterocycles. The summed E-state index contributed by atoms with van der Waals surface area (Å²) in [5, 5.41) is 11.9. The number of nitrogens with zero attached hydrogens (tertiary/aromatic N) is 3. The van der Waals surface area contributed by atoms with Gasteiger partial charge < -0.3 is 10.1 Å². The van der Waals surface area contributed by atoms with E-state index in [1.165, 1.54) is 11.3 Å². The molecule has 32 heavy (non-hydrogen) atoms. The van der Waals surface area contributed by atoms with Crippen LogP contribution in [0.3, 0.4) is 0 Å². The van der Waals surface area contributed by atoms with Crippen LogP contribution in [0.1, 0.15) is 17.4 Å². The van der Waals surface area contributed by atoms with Crippen LogP contribution in [0.25, 0.3) is 11.3 Å². The highest BCUT2D eigenvalue weighted by molar-refractivity contribution is 7.12. The minimum absolute atomic E-state index is 0.0363. The molecule has 0 spiro atoms. The van der Waals surface area contributed by atoms with Gasteiger partial charge in [-0.15, -0.1) is 22.7 Å². The summed E-state index contributed by atoms with van der Waals surface area (Å²) in [6.45, 7) is 4.09. The van der Waals surface area contributed by atoms with Gasteiger partial charge in [0, 0.05) is 10.9 Å². The smallest absolute Gasteiger partial charge is 0.262 e. The van der Waals surface area contributed by atoms with Crippen LogP contribution in [0.4, 0.5) is 11.4 Å². The van der Waals surface area contributed by atoms with Crippen molar-refractivity contribution < 1.29 is 9.53 Å².